The van der Waals surface area contributed by atoms with E-state index < -0.39 is 47.9 Å². The summed E-state index contributed by atoms with van der Waals surface area (Å²) in [5.74, 6) is 0.714. The van der Waals surface area contributed by atoms with E-state index in [2.05, 4.69) is 23.5 Å². The lowest BCUT2D eigenvalue weighted by molar-refractivity contribution is -0.142. The van der Waals surface area contributed by atoms with Crippen molar-refractivity contribution >= 4 is 29.5 Å². The molecule has 43 heavy (non-hydrogen) atoms. The van der Waals surface area contributed by atoms with E-state index in [1.807, 2.05) is 25.1 Å². The second kappa shape index (κ2) is 17.0. The first kappa shape index (κ1) is 34.9. The maximum atomic E-state index is 14.2. The van der Waals surface area contributed by atoms with E-state index in [1.54, 1.807) is 51.1 Å². The molecule has 2 unspecified atom stereocenters. The standard InChI is InChI=1S/C34H46N4O5/c1-7-9-10-11-12-15-22-38(32(41)28(23-29(35)39)37-33(42)43-34(4,5)6)30(26-20-18-25(8-2)19-21-26)31(40)36-27-17-14-13-16-24(27)3/h2,13-14,16-21,28,30H,7,9-12,15,22-23H2,1,3-6H3,(H2,35,39)(H,36,40)(H,37,42). The Labute approximate surface area is 255 Å². The summed E-state index contributed by atoms with van der Waals surface area (Å²) in [6.07, 6.45) is 9.95. The van der Waals surface area contributed by atoms with Crippen molar-refractivity contribution in [2.24, 2.45) is 5.73 Å². The molecule has 4 N–H and O–H groups in total. The van der Waals surface area contributed by atoms with Gasteiger partial charge in [-0.3, -0.25) is 14.4 Å². The molecule has 9 nitrogen and oxygen atoms in total. The zero-order valence-corrected chi connectivity index (χ0v) is 26.1. The zero-order chi connectivity index (χ0) is 32.0. The van der Waals surface area contributed by atoms with Gasteiger partial charge in [0.15, 0.2) is 0 Å². The fourth-order valence-electron chi connectivity index (χ4n) is 4.63. The van der Waals surface area contributed by atoms with Gasteiger partial charge in [0.1, 0.15) is 17.7 Å². The molecule has 0 saturated carbocycles. The van der Waals surface area contributed by atoms with Gasteiger partial charge in [-0.1, -0.05) is 75.3 Å². The molecule has 0 aliphatic heterocycles. The third-order valence-corrected chi connectivity index (χ3v) is 6.79. The van der Waals surface area contributed by atoms with Crippen LogP contribution in [0.5, 0.6) is 0 Å². The number of hydrogen-bond acceptors (Lipinski definition) is 5. The number of ether oxygens (including phenoxy) is 1. The Bertz CT molecular complexity index is 1280. The van der Waals surface area contributed by atoms with E-state index in [9.17, 15) is 19.2 Å². The second-order valence-corrected chi connectivity index (χ2v) is 11.6. The maximum absolute atomic E-state index is 14.2. The lowest BCUT2D eigenvalue weighted by atomic mass is 9.99. The molecule has 4 amide bonds. The maximum Gasteiger partial charge on any atom is 0.408 e. The smallest absolute Gasteiger partial charge is 0.408 e. The van der Waals surface area contributed by atoms with Crippen molar-refractivity contribution in [3.8, 4) is 12.3 Å². The number of aryl methyl sites for hydroxylation is 1. The molecule has 0 saturated heterocycles. The molecule has 232 valence electrons. The largest absolute Gasteiger partial charge is 0.444 e. The fourth-order valence-corrected chi connectivity index (χ4v) is 4.63. The number of nitrogens with two attached hydrogens (primary N) is 1. The Morgan fingerprint density at radius 2 is 1.60 bits per heavy atom. The molecule has 0 aromatic heterocycles. The summed E-state index contributed by atoms with van der Waals surface area (Å²) < 4.78 is 5.36. The molecule has 0 radical (unpaired) electrons. The Morgan fingerprint density at radius 3 is 2.19 bits per heavy atom. The third-order valence-electron chi connectivity index (χ3n) is 6.79. The average molecular weight is 591 g/mol. The first-order valence-corrected chi connectivity index (χ1v) is 14.9. The molecule has 0 heterocycles. The van der Waals surface area contributed by atoms with E-state index in [0.29, 0.717) is 23.2 Å². The molecule has 9 heteroatoms. The van der Waals surface area contributed by atoms with E-state index in [1.165, 1.54) is 4.90 Å². The third kappa shape index (κ3) is 11.8. The van der Waals surface area contributed by atoms with Crippen LogP contribution in [-0.2, 0) is 19.1 Å². The van der Waals surface area contributed by atoms with Crippen molar-refractivity contribution in [2.45, 2.75) is 97.2 Å². The number of rotatable bonds is 15. The summed E-state index contributed by atoms with van der Waals surface area (Å²) in [6.45, 7) is 9.29. The number of carbonyl (C=O) groups excluding carboxylic acids is 4. The summed E-state index contributed by atoms with van der Waals surface area (Å²) in [5.41, 5.74) is 7.26. The number of nitrogens with one attached hydrogen (secondary N) is 2. The van der Waals surface area contributed by atoms with Crippen LogP contribution in [0.1, 0.15) is 95.4 Å². The van der Waals surface area contributed by atoms with Gasteiger partial charge in [-0.2, -0.15) is 0 Å². The lowest BCUT2D eigenvalue weighted by Crippen LogP contribution is -2.53. The van der Waals surface area contributed by atoms with E-state index in [4.69, 9.17) is 16.9 Å². The molecule has 2 rings (SSSR count). The van der Waals surface area contributed by atoms with Gasteiger partial charge >= 0.3 is 6.09 Å². The van der Waals surface area contributed by atoms with Crippen LogP contribution in [0.25, 0.3) is 0 Å². The highest BCUT2D eigenvalue weighted by atomic mass is 16.6. The van der Waals surface area contributed by atoms with Crippen molar-refractivity contribution in [2.75, 3.05) is 11.9 Å². The molecule has 2 aromatic rings. The summed E-state index contributed by atoms with van der Waals surface area (Å²) in [7, 11) is 0. The number of unbranched alkanes of at least 4 members (excludes halogenated alkanes) is 5. The number of carbonyl (C=O) groups is 4. The van der Waals surface area contributed by atoms with Crippen LogP contribution < -0.4 is 16.4 Å². The number of benzene rings is 2. The van der Waals surface area contributed by atoms with Gasteiger partial charge in [-0.15, -0.1) is 6.42 Å². The number of anilines is 1. The topological polar surface area (TPSA) is 131 Å². The van der Waals surface area contributed by atoms with Crippen LogP contribution in [0.4, 0.5) is 10.5 Å². The fraction of sp³-hybridized carbons (Fsp3) is 0.471. The van der Waals surface area contributed by atoms with Crippen molar-refractivity contribution in [3.05, 3.63) is 65.2 Å². The first-order chi connectivity index (χ1) is 20.4. The van der Waals surface area contributed by atoms with Crippen molar-refractivity contribution in [1.82, 2.24) is 10.2 Å². The highest BCUT2D eigenvalue weighted by molar-refractivity contribution is 6.00. The SMILES string of the molecule is C#Cc1ccc(C(C(=O)Nc2ccccc2C)N(CCCCCCCC)C(=O)C(CC(N)=O)NC(=O)OC(C)(C)C)cc1. The van der Waals surface area contributed by atoms with Crippen LogP contribution in [-0.4, -0.2) is 46.9 Å². The number of terminal acetylenes is 1. The Morgan fingerprint density at radius 1 is 0.977 bits per heavy atom. The minimum absolute atomic E-state index is 0.207. The molecule has 2 aromatic carbocycles. The molecular weight excluding hydrogens is 544 g/mol. The van der Waals surface area contributed by atoms with Crippen LogP contribution in [0, 0.1) is 19.3 Å². The van der Waals surface area contributed by atoms with E-state index in [-0.39, 0.29) is 6.54 Å². The highest BCUT2D eigenvalue weighted by Crippen LogP contribution is 2.27. The quantitative estimate of drug-likeness (QED) is 0.183. The van der Waals surface area contributed by atoms with Crippen LogP contribution in [0.15, 0.2) is 48.5 Å². The van der Waals surface area contributed by atoms with Gasteiger partial charge in [-0.05, 0) is 63.4 Å². The van der Waals surface area contributed by atoms with Gasteiger partial charge < -0.3 is 26.0 Å². The number of nitrogens with zero attached hydrogens (tertiary/aromatic N) is 1. The van der Waals surface area contributed by atoms with E-state index in [0.717, 1.165) is 37.7 Å². The summed E-state index contributed by atoms with van der Waals surface area (Å²) >= 11 is 0. The predicted molar refractivity (Wildman–Crippen MR) is 169 cm³/mol. The van der Waals surface area contributed by atoms with Crippen molar-refractivity contribution in [3.63, 3.8) is 0 Å². The molecule has 2 atom stereocenters. The minimum atomic E-state index is -1.34. The predicted octanol–water partition coefficient (Wildman–Crippen LogP) is 5.61. The molecule has 0 aliphatic carbocycles. The average Bonchev–Trinajstić information content (AvgIpc) is 2.93. The summed E-state index contributed by atoms with van der Waals surface area (Å²) in [6, 6.07) is 11.7. The number of amides is 4. The molecule has 0 bridgehead atoms. The lowest BCUT2D eigenvalue weighted by Gasteiger charge is -2.34. The molecule has 0 aliphatic rings. The van der Waals surface area contributed by atoms with Gasteiger partial charge in [0.25, 0.3) is 5.91 Å². The van der Waals surface area contributed by atoms with Crippen LogP contribution >= 0.6 is 0 Å². The molecular formula is C34H46N4O5. The second-order valence-electron chi connectivity index (χ2n) is 11.6. The van der Waals surface area contributed by atoms with E-state index >= 15 is 0 Å². The monoisotopic (exact) mass is 590 g/mol. The first-order valence-electron chi connectivity index (χ1n) is 14.9. The Hall–Kier alpha value is -4.32. The normalized spacial score (nSPS) is 12.4. The number of para-hydroxylation sites is 1. The Balaban J connectivity index is 2.55. The van der Waals surface area contributed by atoms with Gasteiger partial charge in [0, 0.05) is 17.8 Å². The molecule has 0 fully saturated rings. The molecule has 0 spiro atoms. The van der Waals surface area contributed by atoms with Crippen molar-refractivity contribution in [1.29, 1.82) is 0 Å². The van der Waals surface area contributed by atoms with Crippen LogP contribution in [0.2, 0.25) is 0 Å². The minimum Gasteiger partial charge on any atom is -0.444 e. The van der Waals surface area contributed by atoms with Crippen molar-refractivity contribution < 1.29 is 23.9 Å². The van der Waals surface area contributed by atoms with Gasteiger partial charge in [0.2, 0.25) is 11.8 Å². The van der Waals surface area contributed by atoms with Crippen LogP contribution in [0.3, 0.4) is 0 Å². The number of hydrogen-bond donors (Lipinski definition) is 3. The highest BCUT2D eigenvalue weighted by Gasteiger charge is 2.37. The summed E-state index contributed by atoms with van der Waals surface area (Å²) in [5, 5.41) is 5.48. The Kier molecular flexibility index (Phi) is 13.8. The zero-order valence-electron chi connectivity index (χ0n) is 26.1. The summed E-state index contributed by atoms with van der Waals surface area (Å²) in [4.78, 5) is 54.5. The van der Waals surface area contributed by atoms with Gasteiger partial charge in [-0.25, -0.2) is 4.79 Å². The number of alkyl carbamates (subject to hydrolysis) is 1. The van der Waals surface area contributed by atoms with Gasteiger partial charge in [0.05, 0.1) is 6.42 Å². The number of primary amides is 1.